The van der Waals surface area contributed by atoms with Crippen LogP contribution in [-0.2, 0) is 71.2 Å². The Kier molecular flexibility index (Phi) is 34.0. The Morgan fingerprint density at radius 3 is 1.23 bits per heavy atom. The van der Waals surface area contributed by atoms with Crippen molar-refractivity contribution in [2.24, 2.45) is 0 Å². The third-order valence-corrected chi connectivity index (χ3v) is 6.04. The molecule has 48 heavy (non-hydrogen) atoms. The molecule has 2 N–H and O–H groups in total. The summed E-state index contributed by atoms with van der Waals surface area (Å²) in [4.78, 5) is 21.6. The maximum Gasteiger partial charge on any atom is 0.329 e. The fraction of sp³-hybridized carbons (Fsp3) is 0.935. The predicted octanol–water partition coefficient (Wildman–Crippen LogP) is -0.0870. The SMILES string of the molecule is O=C(O)COCC(=O)NCCOCCOCCOCCOCCOCCOCCOCCOCCOCCOCCOC1CCCCO1. The van der Waals surface area contributed by atoms with Gasteiger partial charge in [0.1, 0.15) is 13.2 Å². The molecule has 1 heterocycles. The van der Waals surface area contributed by atoms with Gasteiger partial charge in [-0.15, -0.1) is 0 Å². The first-order valence-electron chi connectivity index (χ1n) is 16.8. The molecule has 0 aromatic rings. The minimum absolute atomic E-state index is 0.0745. The lowest BCUT2D eigenvalue weighted by Crippen LogP contribution is -2.31. The fourth-order valence-corrected chi connectivity index (χ4v) is 3.71. The van der Waals surface area contributed by atoms with E-state index in [9.17, 15) is 9.59 Å². The Bertz CT molecular complexity index is 701. The first-order chi connectivity index (χ1) is 23.7. The van der Waals surface area contributed by atoms with E-state index in [2.05, 4.69) is 10.1 Å². The van der Waals surface area contributed by atoms with Crippen molar-refractivity contribution in [2.45, 2.75) is 25.6 Å². The van der Waals surface area contributed by atoms with E-state index in [1.807, 2.05) is 0 Å². The highest BCUT2D eigenvalue weighted by molar-refractivity contribution is 5.77. The largest absolute Gasteiger partial charge is 0.480 e. The highest BCUT2D eigenvalue weighted by atomic mass is 16.7. The van der Waals surface area contributed by atoms with Crippen LogP contribution in [0.3, 0.4) is 0 Å². The number of carbonyl (C=O) groups is 2. The number of aliphatic carboxylic acids is 1. The normalized spacial score (nSPS) is 14.8. The quantitative estimate of drug-likeness (QED) is 0.0813. The number of carbonyl (C=O) groups excluding carboxylic acids is 1. The lowest BCUT2D eigenvalue weighted by atomic mass is 10.2. The van der Waals surface area contributed by atoms with Gasteiger partial charge in [0.25, 0.3) is 0 Å². The second kappa shape index (κ2) is 36.7. The highest BCUT2D eigenvalue weighted by Crippen LogP contribution is 2.13. The number of hydrogen-bond acceptors (Lipinski definition) is 15. The number of hydrogen-bond donors (Lipinski definition) is 2. The summed E-state index contributed by atoms with van der Waals surface area (Å²) < 4.78 is 70.2. The third-order valence-electron chi connectivity index (χ3n) is 6.04. The van der Waals surface area contributed by atoms with E-state index >= 15 is 0 Å². The molecule has 0 aromatic carbocycles. The molecule has 17 nitrogen and oxygen atoms in total. The summed E-state index contributed by atoms with van der Waals surface area (Å²) in [6.07, 6.45) is 3.16. The van der Waals surface area contributed by atoms with Gasteiger partial charge in [-0.1, -0.05) is 0 Å². The van der Waals surface area contributed by atoms with Gasteiger partial charge in [0.05, 0.1) is 139 Å². The highest BCUT2D eigenvalue weighted by Gasteiger charge is 2.13. The van der Waals surface area contributed by atoms with E-state index in [0.717, 1.165) is 25.9 Å². The molecule has 1 fully saturated rings. The smallest absolute Gasteiger partial charge is 0.329 e. The van der Waals surface area contributed by atoms with Crippen molar-refractivity contribution >= 4 is 11.9 Å². The van der Waals surface area contributed by atoms with Crippen LogP contribution in [0.1, 0.15) is 19.3 Å². The number of carboxylic acid groups (broad SMARTS) is 1. The molecule has 1 rings (SSSR count). The Morgan fingerprint density at radius 1 is 0.500 bits per heavy atom. The molecule has 1 aliphatic rings. The van der Waals surface area contributed by atoms with Crippen LogP contribution in [0.15, 0.2) is 0 Å². The summed E-state index contributed by atoms with van der Waals surface area (Å²) in [7, 11) is 0. The second-order valence-electron chi connectivity index (χ2n) is 10.0. The average molecular weight is 702 g/mol. The standard InChI is InChI=1S/C31H59NO16/c33-29(27-46-28-30(34)35)32-4-6-36-7-8-37-9-10-38-11-12-39-13-14-40-15-16-41-17-18-42-19-20-43-21-22-44-23-24-45-25-26-48-31-3-1-2-5-47-31/h31H,1-28H2,(H,32,33)(H,34,35). The lowest BCUT2D eigenvalue weighted by Gasteiger charge is -2.22. The molecule has 0 bridgehead atoms. The first kappa shape index (κ1) is 44.4. The predicted molar refractivity (Wildman–Crippen MR) is 169 cm³/mol. The monoisotopic (exact) mass is 701 g/mol. The molecule has 17 heteroatoms. The van der Waals surface area contributed by atoms with Crippen LogP contribution < -0.4 is 5.32 Å². The van der Waals surface area contributed by atoms with Crippen molar-refractivity contribution < 1.29 is 76.3 Å². The molecule has 1 unspecified atom stereocenters. The number of carboxylic acids is 1. The Morgan fingerprint density at radius 2 is 0.875 bits per heavy atom. The van der Waals surface area contributed by atoms with Crippen molar-refractivity contribution in [1.29, 1.82) is 0 Å². The van der Waals surface area contributed by atoms with E-state index in [-0.39, 0.29) is 12.9 Å². The molecule has 0 radical (unpaired) electrons. The lowest BCUT2D eigenvalue weighted by molar-refractivity contribution is -0.169. The molecular formula is C31H59NO16. The van der Waals surface area contributed by atoms with Crippen molar-refractivity contribution in [3.05, 3.63) is 0 Å². The van der Waals surface area contributed by atoms with Crippen molar-refractivity contribution in [3.63, 3.8) is 0 Å². The average Bonchev–Trinajstić information content (AvgIpc) is 3.08. The van der Waals surface area contributed by atoms with Crippen LogP contribution in [0.5, 0.6) is 0 Å². The number of amides is 1. The van der Waals surface area contributed by atoms with Gasteiger partial charge in [-0.3, -0.25) is 4.79 Å². The third kappa shape index (κ3) is 34.3. The van der Waals surface area contributed by atoms with Gasteiger partial charge in [-0.25, -0.2) is 4.79 Å². The minimum atomic E-state index is -1.12. The van der Waals surface area contributed by atoms with Crippen molar-refractivity contribution in [2.75, 3.05) is 165 Å². The maximum absolute atomic E-state index is 11.4. The van der Waals surface area contributed by atoms with Crippen LogP contribution in [0.4, 0.5) is 0 Å². The second-order valence-corrected chi connectivity index (χ2v) is 10.0. The van der Waals surface area contributed by atoms with E-state index < -0.39 is 18.5 Å². The Labute approximate surface area is 284 Å². The zero-order valence-electron chi connectivity index (χ0n) is 28.4. The molecule has 284 valence electrons. The molecule has 1 atom stereocenters. The van der Waals surface area contributed by atoms with E-state index in [4.69, 9.17) is 61.9 Å². The van der Waals surface area contributed by atoms with E-state index in [1.54, 1.807) is 0 Å². The summed E-state index contributed by atoms with van der Waals surface area (Å²) >= 11 is 0. The number of ether oxygens (including phenoxy) is 13. The molecule has 0 aromatic heterocycles. The van der Waals surface area contributed by atoms with Gasteiger partial charge in [-0.05, 0) is 19.3 Å². The van der Waals surface area contributed by atoms with Gasteiger partial charge in [-0.2, -0.15) is 0 Å². The zero-order chi connectivity index (χ0) is 34.4. The van der Waals surface area contributed by atoms with Crippen molar-refractivity contribution in [3.8, 4) is 0 Å². The Balaban J connectivity index is 1.62. The first-order valence-corrected chi connectivity index (χ1v) is 16.8. The number of nitrogens with one attached hydrogen (secondary N) is 1. The van der Waals surface area contributed by atoms with Gasteiger partial charge < -0.3 is 72.0 Å². The summed E-state index contributed by atoms with van der Waals surface area (Å²) in [5.74, 6) is -1.52. The molecule has 0 saturated carbocycles. The van der Waals surface area contributed by atoms with Gasteiger partial charge >= 0.3 is 5.97 Å². The summed E-state index contributed by atoms with van der Waals surface area (Å²) in [6.45, 7) is 10.2. The number of rotatable bonds is 38. The zero-order valence-corrected chi connectivity index (χ0v) is 28.4. The van der Waals surface area contributed by atoms with Gasteiger partial charge in [0.2, 0.25) is 5.91 Å². The Hall–Kier alpha value is -1.58. The van der Waals surface area contributed by atoms with Crippen LogP contribution in [-0.4, -0.2) is 188 Å². The summed E-state index contributed by atoms with van der Waals surface area (Å²) in [6, 6.07) is 0. The van der Waals surface area contributed by atoms with Crippen LogP contribution in [0.2, 0.25) is 0 Å². The van der Waals surface area contributed by atoms with Crippen LogP contribution >= 0.6 is 0 Å². The summed E-state index contributed by atoms with van der Waals surface area (Å²) in [5.41, 5.74) is 0. The molecule has 1 amide bonds. The molecule has 1 aliphatic heterocycles. The molecule has 0 spiro atoms. The summed E-state index contributed by atoms with van der Waals surface area (Å²) in [5, 5.41) is 11.0. The molecular weight excluding hydrogens is 642 g/mol. The van der Waals surface area contributed by atoms with E-state index in [1.165, 1.54) is 0 Å². The fourth-order valence-electron chi connectivity index (χ4n) is 3.71. The van der Waals surface area contributed by atoms with Gasteiger partial charge in [0, 0.05) is 13.2 Å². The van der Waals surface area contributed by atoms with Crippen LogP contribution in [0.25, 0.3) is 0 Å². The van der Waals surface area contributed by atoms with E-state index in [0.29, 0.717) is 145 Å². The minimum Gasteiger partial charge on any atom is -0.480 e. The molecule has 1 saturated heterocycles. The topological polar surface area (TPSA) is 186 Å². The molecule has 0 aliphatic carbocycles. The van der Waals surface area contributed by atoms with Crippen LogP contribution in [0, 0.1) is 0 Å². The van der Waals surface area contributed by atoms with Gasteiger partial charge in [0.15, 0.2) is 6.29 Å². The maximum atomic E-state index is 11.4. The van der Waals surface area contributed by atoms with Crippen molar-refractivity contribution in [1.82, 2.24) is 5.32 Å².